The molecule has 112 valence electrons. The minimum absolute atomic E-state index is 0.117. The third kappa shape index (κ3) is 2.82. The molecule has 7 nitrogen and oxygen atoms in total. The van der Waals surface area contributed by atoms with Crippen LogP contribution in [-0.2, 0) is 6.54 Å². The molecule has 0 saturated heterocycles. The van der Waals surface area contributed by atoms with Crippen molar-refractivity contribution in [2.24, 2.45) is 5.73 Å². The molecule has 1 aromatic heterocycles. The second-order valence-electron chi connectivity index (χ2n) is 4.22. The molecule has 0 aliphatic heterocycles. The number of nitrogens with two attached hydrogens (primary N) is 1. The molecule has 3 N–H and O–H groups in total. The van der Waals surface area contributed by atoms with Gasteiger partial charge >= 0.3 is 0 Å². The van der Waals surface area contributed by atoms with Crippen molar-refractivity contribution in [3.8, 4) is 28.5 Å². The highest BCUT2D eigenvalue weighted by Crippen LogP contribution is 2.40. The van der Waals surface area contributed by atoms with Crippen LogP contribution in [0.4, 0.5) is 0 Å². The monoisotopic (exact) mass is 291 g/mol. The van der Waals surface area contributed by atoms with Crippen molar-refractivity contribution >= 4 is 0 Å². The predicted octanol–water partition coefficient (Wildman–Crippen LogP) is 0.921. The van der Waals surface area contributed by atoms with Gasteiger partial charge in [0.25, 0.3) is 5.56 Å². The first-order valence-electron chi connectivity index (χ1n) is 6.23. The number of hydrogen-bond acceptors (Lipinski definition) is 6. The molecule has 2 rings (SSSR count). The molecule has 0 amide bonds. The Labute approximate surface area is 121 Å². The summed E-state index contributed by atoms with van der Waals surface area (Å²) in [5.74, 6) is 1.64. The number of rotatable bonds is 5. The molecule has 0 aliphatic carbocycles. The Hall–Kier alpha value is -2.54. The summed E-state index contributed by atoms with van der Waals surface area (Å²) in [6, 6.07) is 5.05. The molecule has 0 unspecified atom stereocenters. The van der Waals surface area contributed by atoms with Crippen molar-refractivity contribution in [1.29, 1.82) is 0 Å². The number of ether oxygens (including phenoxy) is 3. The van der Waals surface area contributed by atoms with Crippen LogP contribution in [0.2, 0.25) is 0 Å². The van der Waals surface area contributed by atoms with Gasteiger partial charge in [0.05, 0.1) is 32.6 Å². The first-order chi connectivity index (χ1) is 10.1. The molecule has 21 heavy (non-hydrogen) atoms. The number of H-pyrrole nitrogens is 1. The molecule has 1 heterocycles. The second-order valence-corrected chi connectivity index (χ2v) is 4.22. The Morgan fingerprint density at radius 2 is 1.71 bits per heavy atom. The lowest BCUT2D eigenvalue weighted by Gasteiger charge is -2.14. The summed E-state index contributed by atoms with van der Waals surface area (Å²) in [7, 11) is 4.62. The largest absolute Gasteiger partial charge is 0.496 e. The van der Waals surface area contributed by atoms with Crippen molar-refractivity contribution in [2.75, 3.05) is 21.3 Å². The first-order valence-corrected chi connectivity index (χ1v) is 6.23. The summed E-state index contributed by atoms with van der Waals surface area (Å²) >= 11 is 0. The van der Waals surface area contributed by atoms with E-state index >= 15 is 0 Å². The van der Waals surface area contributed by atoms with E-state index in [4.69, 9.17) is 19.9 Å². The van der Waals surface area contributed by atoms with Crippen LogP contribution in [0, 0.1) is 0 Å². The van der Waals surface area contributed by atoms with E-state index in [2.05, 4.69) is 10.2 Å². The lowest BCUT2D eigenvalue weighted by molar-refractivity contribution is 0.377. The summed E-state index contributed by atoms with van der Waals surface area (Å²) in [5, 5.41) is 6.46. The van der Waals surface area contributed by atoms with Crippen LogP contribution in [0.25, 0.3) is 11.3 Å². The van der Waals surface area contributed by atoms with E-state index in [1.54, 1.807) is 25.3 Å². The maximum atomic E-state index is 11.6. The fourth-order valence-corrected chi connectivity index (χ4v) is 1.98. The number of hydrogen-bond donors (Lipinski definition) is 2. The zero-order valence-corrected chi connectivity index (χ0v) is 12.1. The van der Waals surface area contributed by atoms with Gasteiger partial charge in [-0.05, 0) is 6.07 Å². The number of nitrogens with zero attached hydrogens (tertiary/aromatic N) is 1. The second kappa shape index (κ2) is 6.27. The van der Waals surface area contributed by atoms with Crippen molar-refractivity contribution in [1.82, 2.24) is 10.2 Å². The zero-order valence-electron chi connectivity index (χ0n) is 12.1. The highest BCUT2D eigenvalue weighted by molar-refractivity contribution is 5.75. The lowest BCUT2D eigenvalue weighted by atomic mass is 10.1. The fraction of sp³-hybridized carbons (Fsp3) is 0.286. The zero-order chi connectivity index (χ0) is 15.4. The van der Waals surface area contributed by atoms with E-state index in [1.807, 2.05) is 0 Å². The van der Waals surface area contributed by atoms with E-state index in [0.29, 0.717) is 34.1 Å². The van der Waals surface area contributed by atoms with Gasteiger partial charge in [-0.25, -0.2) is 5.10 Å². The Kier molecular flexibility index (Phi) is 4.44. The van der Waals surface area contributed by atoms with Gasteiger partial charge in [-0.1, -0.05) is 0 Å². The molecule has 0 saturated carbocycles. The first kappa shape index (κ1) is 14.9. The van der Waals surface area contributed by atoms with Gasteiger partial charge in [-0.3, -0.25) is 4.79 Å². The topological polar surface area (TPSA) is 99.5 Å². The van der Waals surface area contributed by atoms with E-state index in [9.17, 15) is 4.79 Å². The lowest BCUT2D eigenvalue weighted by Crippen LogP contribution is -2.17. The van der Waals surface area contributed by atoms with E-state index < -0.39 is 0 Å². The smallest absolute Gasteiger partial charge is 0.268 e. The normalized spacial score (nSPS) is 10.3. The molecular formula is C14H17N3O4. The SMILES string of the molecule is COc1cc(OC)c(-c2cc(CN)c(=O)[nH]n2)c(OC)c1. The van der Waals surface area contributed by atoms with Gasteiger partial charge in [0.15, 0.2) is 0 Å². The third-order valence-corrected chi connectivity index (χ3v) is 3.07. The molecule has 0 spiro atoms. The van der Waals surface area contributed by atoms with Crippen LogP contribution in [-0.4, -0.2) is 31.5 Å². The summed E-state index contributed by atoms with van der Waals surface area (Å²) in [5.41, 5.74) is 6.80. The highest BCUT2D eigenvalue weighted by Gasteiger charge is 2.17. The maximum absolute atomic E-state index is 11.6. The van der Waals surface area contributed by atoms with Gasteiger partial charge in [-0.15, -0.1) is 0 Å². The van der Waals surface area contributed by atoms with Crippen LogP contribution in [0.3, 0.4) is 0 Å². The Morgan fingerprint density at radius 1 is 1.10 bits per heavy atom. The van der Waals surface area contributed by atoms with Crippen LogP contribution in [0.5, 0.6) is 17.2 Å². The average Bonchev–Trinajstić information content (AvgIpc) is 2.54. The van der Waals surface area contributed by atoms with Gasteiger partial charge in [0.2, 0.25) is 0 Å². The van der Waals surface area contributed by atoms with Crippen molar-refractivity contribution in [3.05, 3.63) is 34.1 Å². The van der Waals surface area contributed by atoms with Crippen LogP contribution >= 0.6 is 0 Å². The predicted molar refractivity (Wildman–Crippen MR) is 77.8 cm³/mol. The summed E-state index contributed by atoms with van der Waals surface area (Å²) in [6.07, 6.45) is 0. The summed E-state index contributed by atoms with van der Waals surface area (Å²) in [4.78, 5) is 11.6. The maximum Gasteiger partial charge on any atom is 0.268 e. The molecule has 7 heteroatoms. The highest BCUT2D eigenvalue weighted by atomic mass is 16.5. The summed E-state index contributed by atoms with van der Waals surface area (Å²) in [6.45, 7) is 0.117. The number of nitrogens with one attached hydrogen (secondary N) is 1. The Bertz CT molecular complexity index is 672. The minimum Gasteiger partial charge on any atom is -0.496 e. The van der Waals surface area contributed by atoms with Gasteiger partial charge in [0, 0.05) is 24.2 Å². The molecule has 0 bridgehead atoms. The molecule has 0 fully saturated rings. The molecule has 0 radical (unpaired) electrons. The molecule has 2 aromatic rings. The number of benzene rings is 1. The molecular weight excluding hydrogens is 274 g/mol. The fourth-order valence-electron chi connectivity index (χ4n) is 1.98. The number of aromatic nitrogens is 2. The van der Waals surface area contributed by atoms with Crippen LogP contribution < -0.4 is 25.5 Å². The number of aromatic amines is 1. The molecule has 1 aromatic carbocycles. The van der Waals surface area contributed by atoms with Crippen molar-refractivity contribution < 1.29 is 14.2 Å². The standard InChI is InChI=1S/C14H17N3O4/c1-19-9-5-11(20-2)13(12(6-9)21-3)10-4-8(7-15)14(18)17-16-10/h4-6H,7,15H2,1-3H3,(H,17,18). The van der Waals surface area contributed by atoms with Crippen molar-refractivity contribution in [2.45, 2.75) is 6.54 Å². The van der Waals surface area contributed by atoms with E-state index in [1.165, 1.54) is 14.2 Å². The van der Waals surface area contributed by atoms with Crippen LogP contribution in [0.15, 0.2) is 23.0 Å². The molecule has 0 atom stereocenters. The molecule has 0 aliphatic rings. The minimum atomic E-state index is -0.312. The van der Waals surface area contributed by atoms with Gasteiger partial charge < -0.3 is 19.9 Å². The van der Waals surface area contributed by atoms with Gasteiger partial charge in [-0.2, -0.15) is 5.10 Å². The number of methoxy groups -OCH3 is 3. The average molecular weight is 291 g/mol. The van der Waals surface area contributed by atoms with E-state index in [-0.39, 0.29) is 12.1 Å². The van der Waals surface area contributed by atoms with Gasteiger partial charge in [0.1, 0.15) is 17.2 Å². The third-order valence-electron chi connectivity index (χ3n) is 3.07. The summed E-state index contributed by atoms with van der Waals surface area (Å²) < 4.78 is 15.9. The Balaban J connectivity index is 2.69. The van der Waals surface area contributed by atoms with Crippen LogP contribution in [0.1, 0.15) is 5.56 Å². The Morgan fingerprint density at radius 3 is 2.19 bits per heavy atom. The van der Waals surface area contributed by atoms with Crippen molar-refractivity contribution in [3.63, 3.8) is 0 Å². The van der Waals surface area contributed by atoms with E-state index in [0.717, 1.165) is 0 Å². The quantitative estimate of drug-likeness (QED) is 0.850.